The molecule has 0 saturated carbocycles. The number of hydrogen-bond acceptors (Lipinski definition) is 6. The monoisotopic (exact) mass is 257 g/mol. The summed E-state index contributed by atoms with van der Waals surface area (Å²) < 4.78 is 10.0. The Labute approximate surface area is 109 Å². The molecule has 0 aliphatic rings. The Balaban J connectivity index is 2.39. The molecule has 0 bridgehead atoms. The number of nitrogen functional groups attached to an aromatic ring is 1. The van der Waals surface area contributed by atoms with E-state index in [-0.39, 0.29) is 24.1 Å². The SMILES string of the molecule is CCOC(=O)c1nc(-c2cccc(C#N)c2)oc1N. The van der Waals surface area contributed by atoms with E-state index in [1.807, 2.05) is 6.07 Å². The molecule has 0 unspecified atom stereocenters. The molecule has 0 aliphatic carbocycles. The summed E-state index contributed by atoms with van der Waals surface area (Å²) in [6.07, 6.45) is 0. The predicted molar refractivity (Wildman–Crippen MR) is 67.0 cm³/mol. The molecular weight excluding hydrogens is 246 g/mol. The lowest BCUT2D eigenvalue weighted by atomic mass is 10.1. The highest BCUT2D eigenvalue weighted by Crippen LogP contribution is 2.24. The van der Waals surface area contributed by atoms with Crippen LogP contribution in [0.3, 0.4) is 0 Å². The summed E-state index contributed by atoms with van der Waals surface area (Å²) in [4.78, 5) is 15.6. The van der Waals surface area contributed by atoms with E-state index in [4.69, 9.17) is 20.1 Å². The average Bonchev–Trinajstić information content (AvgIpc) is 2.81. The molecule has 19 heavy (non-hydrogen) atoms. The van der Waals surface area contributed by atoms with Crippen LogP contribution >= 0.6 is 0 Å². The van der Waals surface area contributed by atoms with Gasteiger partial charge in [0.1, 0.15) is 0 Å². The van der Waals surface area contributed by atoms with Crippen LogP contribution in [0.4, 0.5) is 5.88 Å². The van der Waals surface area contributed by atoms with Crippen LogP contribution in [0, 0.1) is 11.3 Å². The number of aromatic nitrogens is 1. The third-order valence-corrected chi connectivity index (χ3v) is 2.36. The van der Waals surface area contributed by atoms with Crippen molar-refractivity contribution >= 4 is 11.9 Å². The molecule has 0 saturated heterocycles. The Bertz CT molecular complexity index is 655. The fourth-order valence-electron chi connectivity index (χ4n) is 1.52. The molecule has 6 nitrogen and oxygen atoms in total. The molecule has 0 radical (unpaired) electrons. The standard InChI is InChI=1S/C13H11N3O3/c1-2-18-13(17)10-11(15)19-12(16-10)9-5-3-4-8(6-9)7-14/h3-6H,2,15H2,1H3. The molecule has 1 aromatic heterocycles. The van der Waals surface area contributed by atoms with Gasteiger partial charge in [0.05, 0.1) is 18.2 Å². The van der Waals surface area contributed by atoms with E-state index in [0.717, 1.165) is 0 Å². The first-order chi connectivity index (χ1) is 9.15. The van der Waals surface area contributed by atoms with Gasteiger partial charge >= 0.3 is 5.97 Å². The van der Waals surface area contributed by atoms with E-state index in [1.165, 1.54) is 0 Å². The Morgan fingerprint density at radius 3 is 3.05 bits per heavy atom. The lowest BCUT2D eigenvalue weighted by Crippen LogP contribution is -2.07. The number of benzene rings is 1. The zero-order chi connectivity index (χ0) is 13.8. The van der Waals surface area contributed by atoms with Gasteiger partial charge in [-0.15, -0.1) is 0 Å². The number of carbonyl (C=O) groups excluding carboxylic acids is 1. The van der Waals surface area contributed by atoms with Gasteiger partial charge < -0.3 is 14.9 Å². The Kier molecular flexibility index (Phi) is 3.48. The molecule has 2 N–H and O–H groups in total. The van der Waals surface area contributed by atoms with E-state index in [0.29, 0.717) is 11.1 Å². The number of anilines is 1. The third kappa shape index (κ3) is 2.55. The number of oxazole rings is 1. The summed E-state index contributed by atoms with van der Waals surface area (Å²) in [7, 11) is 0. The molecule has 0 amide bonds. The van der Waals surface area contributed by atoms with Gasteiger partial charge in [-0.3, -0.25) is 0 Å². The summed E-state index contributed by atoms with van der Waals surface area (Å²) in [5, 5.41) is 8.83. The maximum atomic E-state index is 11.6. The van der Waals surface area contributed by atoms with Crippen LogP contribution in [0.25, 0.3) is 11.5 Å². The molecule has 1 heterocycles. The zero-order valence-electron chi connectivity index (χ0n) is 10.2. The maximum Gasteiger partial charge on any atom is 0.362 e. The molecule has 2 rings (SSSR count). The summed E-state index contributed by atoms with van der Waals surface area (Å²) in [6.45, 7) is 1.91. The lowest BCUT2D eigenvalue weighted by Gasteiger charge is -1.96. The Morgan fingerprint density at radius 2 is 2.37 bits per heavy atom. The van der Waals surface area contributed by atoms with Crippen molar-refractivity contribution < 1.29 is 13.9 Å². The van der Waals surface area contributed by atoms with Crippen LogP contribution in [-0.2, 0) is 4.74 Å². The number of carbonyl (C=O) groups is 1. The van der Waals surface area contributed by atoms with Crippen molar-refractivity contribution in [2.45, 2.75) is 6.92 Å². The van der Waals surface area contributed by atoms with Gasteiger partial charge in [-0.05, 0) is 25.1 Å². The third-order valence-electron chi connectivity index (χ3n) is 2.36. The number of rotatable bonds is 3. The van der Waals surface area contributed by atoms with E-state index in [9.17, 15) is 4.79 Å². The highest BCUT2D eigenvalue weighted by atomic mass is 16.5. The fraction of sp³-hybridized carbons (Fsp3) is 0.154. The molecule has 6 heteroatoms. The predicted octanol–water partition coefficient (Wildman–Crippen LogP) is 1.97. The minimum Gasteiger partial charge on any atom is -0.461 e. The van der Waals surface area contributed by atoms with Crippen molar-refractivity contribution in [2.24, 2.45) is 0 Å². The van der Waals surface area contributed by atoms with E-state index in [1.54, 1.807) is 31.2 Å². The van der Waals surface area contributed by atoms with Crippen molar-refractivity contribution in [3.05, 3.63) is 35.5 Å². The van der Waals surface area contributed by atoms with Gasteiger partial charge in [-0.25, -0.2) is 4.79 Å². The van der Waals surface area contributed by atoms with Crippen LogP contribution in [0.15, 0.2) is 28.7 Å². The molecule has 2 aromatic rings. The minimum absolute atomic E-state index is 0.0563. The molecule has 0 aliphatic heterocycles. The number of ether oxygens (including phenoxy) is 1. The molecule has 1 aromatic carbocycles. The molecule has 0 fully saturated rings. The highest BCUT2D eigenvalue weighted by Gasteiger charge is 2.20. The summed E-state index contributed by atoms with van der Waals surface area (Å²) in [5.41, 5.74) is 6.56. The van der Waals surface area contributed by atoms with E-state index in [2.05, 4.69) is 4.98 Å². The van der Waals surface area contributed by atoms with E-state index < -0.39 is 5.97 Å². The normalized spacial score (nSPS) is 9.89. The van der Waals surface area contributed by atoms with Gasteiger partial charge in [0.15, 0.2) is 0 Å². The van der Waals surface area contributed by atoms with Crippen molar-refractivity contribution in [2.75, 3.05) is 12.3 Å². The van der Waals surface area contributed by atoms with Crippen LogP contribution in [0.1, 0.15) is 23.0 Å². The summed E-state index contributed by atoms with van der Waals surface area (Å²) >= 11 is 0. The first kappa shape index (κ1) is 12.6. The molecule has 0 spiro atoms. The Hall–Kier alpha value is -2.81. The number of nitriles is 1. The van der Waals surface area contributed by atoms with Crippen LogP contribution in [0.5, 0.6) is 0 Å². The average molecular weight is 257 g/mol. The van der Waals surface area contributed by atoms with Crippen LogP contribution in [0.2, 0.25) is 0 Å². The molecule has 96 valence electrons. The maximum absolute atomic E-state index is 11.6. The minimum atomic E-state index is -0.633. The van der Waals surface area contributed by atoms with Gasteiger partial charge in [0, 0.05) is 5.56 Å². The molecular formula is C13H11N3O3. The van der Waals surface area contributed by atoms with Crippen molar-refractivity contribution in [3.63, 3.8) is 0 Å². The van der Waals surface area contributed by atoms with Crippen molar-refractivity contribution in [1.29, 1.82) is 5.26 Å². The zero-order valence-corrected chi connectivity index (χ0v) is 10.2. The smallest absolute Gasteiger partial charge is 0.362 e. The summed E-state index contributed by atoms with van der Waals surface area (Å²) in [6, 6.07) is 8.66. The first-order valence-corrected chi connectivity index (χ1v) is 5.59. The second kappa shape index (κ2) is 5.23. The van der Waals surface area contributed by atoms with Gasteiger partial charge in [-0.2, -0.15) is 10.2 Å². The second-order valence-corrected chi connectivity index (χ2v) is 3.64. The topological polar surface area (TPSA) is 102 Å². The summed E-state index contributed by atoms with van der Waals surface area (Å²) in [5.74, 6) is -0.556. The van der Waals surface area contributed by atoms with Gasteiger partial charge in [0.2, 0.25) is 17.5 Å². The lowest BCUT2D eigenvalue weighted by molar-refractivity contribution is 0.0521. The number of nitrogens with two attached hydrogens (primary N) is 1. The number of nitrogens with zero attached hydrogens (tertiary/aromatic N) is 2. The fourth-order valence-corrected chi connectivity index (χ4v) is 1.52. The van der Waals surface area contributed by atoms with Crippen molar-refractivity contribution in [1.82, 2.24) is 4.98 Å². The van der Waals surface area contributed by atoms with Gasteiger partial charge in [-0.1, -0.05) is 6.07 Å². The largest absolute Gasteiger partial charge is 0.461 e. The number of hydrogen-bond donors (Lipinski definition) is 1. The first-order valence-electron chi connectivity index (χ1n) is 5.59. The van der Waals surface area contributed by atoms with Gasteiger partial charge in [0.25, 0.3) is 0 Å². The van der Waals surface area contributed by atoms with Crippen LogP contribution < -0.4 is 5.73 Å². The number of esters is 1. The second-order valence-electron chi connectivity index (χ2n) is 3.64. The van der Waals surface area contributed by atoms with Crippen LogP contribution in [-0.4, -0.2) is 17.6 Å². The quantitative estimate of drug-likeness (QED) is 0.843. The van der Waals surface area contributed by atoms with E-state index >= 15 is 0 Å². The molecule has 0 atom stereocenters. The Morgan fingerprint density at radius 1 is 1.58 bits per heavy atom. The highest BCUT2D eigenvalue weighted by molar-refractivity contribution is 5.92. The van der Waals surface area contributed by atoms with Crippen molar-refractivity contribution in [3.8, 4) is 17.5 Å².